The van der Waals surface area contributed by atoms with Gasteiger partial charge in [-0.25, -0.2) is 13.1 Å². The largest absolute Gasteiger partial charge is 0.495 e. The van der Waals surface area contributed by atoms with E-state index in [9.17, 15) is 13.2 Å². The van der Waals surface area contributed by atoms with E-state index < -0.39 is 15.9 Å². The summed E-state index contributed by atoms with van der Waals surface area (Å²) in [6.45, 7) is 2.41. The number of aryl methyl sites for hydroxylation is 1. The Hall–Kier alpha value is -3.33. The third-order valence-electron chi connectivity index (χ3n) is 4.37. The molecule has 0 radical (unpaired) electrons. The molecule has 0 unspecified atom stereocenters. The Morgan fingerprint density at radius 1 is 1.10 bits per heavy atom. The molecule has 1 aromatic heterocycles. The highest BCUT2D eigenvalue weighted by atomic mass is 32.2. The zero-order valence-corrected chi connectivity index (χ0v) is 17.1. The van der Waals surface area contributed by atoms with Gasteiger partial charge in [-0.2, -0.15) is 5.10 Å². The lowest BCUT2D eigenvalue weighted by molar-refractivity contribution is 0.0981. The molecule has 0 aliphatic carbocycles. The number of carbonyl (C=O) groups is 1. The van der Waals surface area contributed by atoms with Crippen LogP contribution in [0.2, 0.25) is 0 Å². The standard InChI is InChI=1S/C20H21N3O5S/c1-14-12-15(8-9-16(14)13-23-11-5-10-21-23)20(24)22-29(25,26)19-17(27-2)6-4-7-18(19)28-3/h4-12H,13H2,1-3H3,(H,22,24). The first-order valence-electron chi connectivity index (χ1n) is 8.71. The second-order valence-electron chi connectivity index (χ2n) is 6.27. The molecule has 0 fully saturated rings. The molecule has 1 heterocycles. The molecule has 9 heteroatoms. The van der Waals surface area contributed by atoms with Crippen LogP contribution in [0.5, 0.6) is 11.5 Å². The zero-order chi connectivity index (χ0) is 21.0. The van der Waals surface area contributed by atoms with E-state index in [0.717, 1.165) is 11.1 Å². The van der Waals surface area contributed by atoms with E-state index in [1.165, 1.54) is 26.4 Å². The fourth-order valence-corrected chi connectivity index (χ4v) is 4.19. The van der Waals surface area contributed by atoms with Gasteiger partial charge in [-0.15, -0.1) is 0 Å². The Labute approximate surface area is 169 Å². The molecular weight excluding hydrogens is 394 g/mol. The second kappa shape index (κ2) is 8.36. The van der Waals surface area contributed by atoms with Crippen LogP contribution < -0.4 is 14.2 Å². The molecule has 0 bridgehead atoms. The molecule has 0 saturated heterocycles. The van der Waals surface area contributed by atoms with Gasteiger partial charge in [0.2, 0.25) is 0 Å². The van der Waals surface area contributed by atoms with Gasteiger partial charge in [0, 0.05) is 18.0 Å². The Kier molecular flexibility index (Phi) is 5.88. The molecule has 0 spiro atoms. The number of amides is 1. The molecule has 0 atom stereocenters. The number of hydrogen-bond acceptors (Lipinski definition) is 6. The molecular formula is C20H21N3O5S. The third kappa shape index (κ3) is 4.40. The number of aromatic nitrogens is 2. The van der Waals surface area contributed by atoms with Crippen LogP contribution in [0.25, 0.3) is 0 Å². The quantitative estimate of drug-likeness (QED) is 0.636. The molecule has 0 saturated carbocycles. The smallest absolute Gasteiger partial charge is 0.271 e. The maximum Gasteiger partial charge on any atom is 0.271 e. The van der Waals surface area contributed by atoms with Crippen molar-refractivity contribution < 1.29 is 22.7 Å². The van der Waals surface area contributed by atoms with Gasteiger partial charge < -0.3 is 9.47 Å². The number of hydrogen-bond donors (Lipinski definition) is 1. The monoisotopic (exact) mass is 415 g/mol. The highest BCUT2D eigenvalue weighted by Gasteiger charge is 2.27. The van der Waals surface area contributed by atoms with Crippen LogP contribution in [0.3, 0.4) is 0 Å². The molecule has 8 nitrogen and oxygen atoms in total. The maximum absolute atomic E-state index is 12.8. The first-order chi connectivity index (χ1) is 13.9. The van der Waals surface area contributed by atoms with Gasteiger partial charge in [0.25, 0.3) is 15.9 Å². The molecule has 0 aliphatic heterocycles. The number of nitrogens with zero attached hydrogens (tertiary/aromatic N) is 2. The molecule has 3 rings (SSSR count). The topological polar surface area (TPSA) is 99.5 Å². The number of rotatable bonds is 7. The number of ether oxygens (including phenoxy) is 2. The van der Waals surface area contributed by atoms with E-state index in [1.54, 1.807) is 35.1 Å². The molecule has 152 valence electrons. The van der Waals surface area contributed by atoms with Gasteiger partial charge in [0.15, 0.2) is 4.90 Å². The third-order valence-corrected chi connectivity index (χ3v) is 5.77. The summed E-state index contributed by atoms with van der Waals surface area (Å²) in [5.41, 5.74) is 2.05. The second-order valence-corrected chi connectivity index (χ2v) is 7.89. The summed E-state index contributed by atoms with van der Waals surface area (Å²) >= 11 is 0. The van der Waals surface area contributed by atoms with Crippen LogP contribution in [0.4, 0.5) is 0 Å². The van der Waals surface area contributed by atoms with E-state index in [2.05, 4.69) is 9.82 Å². The number of sulfonamides is 1. The van der Waals surface area contributed by atoms with E-state index >= 15 is 0 Å². The Bertz CT molecular complexity index is 1100. The molecule has 1 amide bonds. The van der Waals surface area contributed by atoms with Crippen LogP contribution in [-0.4, -0.2) is 38.3 Å². The van der Waals surface area contributed by atoms with Crippen molar-refractivity contribution in [1.29, 1.82) is 0 Å². The van der Waals surface area contributed by atoms with Crippen molar-refractivity contribution >= 4 is 15.9 Å². The van der Waals surface area contributed by atoms with Crippen LogP contribution in [-0.2, 0) is 16.6 Å². The van der Waals surface area contributed by atoms with Crippen LogP contribution in [0.15, 0.2) is 59.8 Å². The minimum atomic E-state index is -4.22. The maximum atomic E-state index is 12.8. The lowest BCUT2D eigenvalue weighted by atomic mass is 10.0. The van der Waals surface area contributed by atoms with Crippen molar-refractivity contribution in [2.45, 2.75) is 18.4 Å². The van der Waals surface area contributed by atoms with E-state index in [-0.39, 0.29) is 22.0 Å². The minimum Gasteiger partial charge on any atom is -0.495 e. The van der Waals surface area contributed by atoms with Crippen LogP contribution in [0.1, 0.15) is 21.5 Å². The fraction of sp³-hybridized carbons (Fsp3) is 0.200. The molecule has 3 aromatic rings. The average Bonchev–Trinajstić information content (AvgIpc) is 3.21. The highest BCUT2D eigenvalue weighted by molar-refractivity contribution is 7.90. The normalized spacial score (nSPS) is 11.1. The lowest BCUT2D eigenvalue weighted by Crippen LogP contribution is -2.31. The first-order valence-corrected chi connectivity index (χ1v) is 10.2. The van der Waals surface area contributed by atoms with Gasteiger partial charge in [0.1, 0.15) is 11.5 Å². The minimum absolute atomic E-state index is 0.0791. The summed E-state index contributed by atoms with van der Waals surface area (Å²) in [5.74, 6) is -0.586. The van der Waals surface area contributed by atoms with Crippen molar-refractivity contribution in [2.24, 2.45) is 0 Å². The summed E-state index contributed by atoms with van der Waals surface area (Å²) in [7, 11) is -1.53. The van der Waals surface area contributed by atoms with Crippen molar-refractivity contribution in [1.82, 2.24) is 14.5 Å². The van der Waals surface area contributed by atoms with Gasteiger partial charge in [0.05, 0.1) is 20.8 Å². The van der Waals surface area contributed by atoms with Gasteiger partial charge >= 0.3 is 0 Å². The molecule has 1 N–H and O–H groups in total. The van der Waals surface area contributed by atoms with Crippen LogP contribution >= 0.6 is 0 Å². The average molecular weight is 415 g/mol. The molecule has 2 aromatic carbocycles. The summed E-state index contributed by atoms with van der Waals surface area (Å²) in [6.07, 6.45) is 3.53. The van der Waals surface area contributed by atoms with Crippen molar-refractivity contribution in [2.75, 3.05) is 14.2 Å². The Morgan fingerprint density at radius 3 is 2.34 bits per heavy atom. The predicted molar refractivity (Wildman–Crippen MR) is 107 cm³/mol. The number of nitrogens with one attached hydrogen (secondary N) is 1. The Morgan fingerprint density at radius 2 is 1.79 bits per heavy atom. The van der Waals surface area contributed by atoms with Crippen molar-refractivity contribution in [3.05, 3.63) is 71.5 Å². The van der Waals surface area contributed by atoms with E-state index in [4.69, 9.17) is 9.47 Å². The Balaban J connectivity index is 1.86. The van der Waals surface area contributed by atoms with Gasteiger partial charge in [-0.1, -0.05) is 12.1 Å². The summed E-state index contributed by atoms with van der Waals surface area (Å²) in [4.78, 5) is 12.4. The fourth-order valence-electron chi connectivity index (χ4n) is 2.90. The lowest BCUT2D eigenvalue weighted by Gasteiger charge is -2.14. The van der Waals surface area contributed by atoms with Gasteiger partial charge in [-0.05, 0) is 48.4 Å². The molecule has 0 aliphatic rings. The van der Waals surface area contributed by atoms with Gasteiger partial charge in [-0.3, -0.25) is 9.48 Å². The van der Waals surface area contributed by atoms with Crippen molar-refractivity contribution in [3.8, 4) is 11.5 Å². The summed E-state index contributed by atoms with van der Waals surface area (Å²) in [6, 6.07) is 11.4. The van der Waals surface area contributed by atoms with E-state index in [1.807, 2.05) is 19.2 Å². The van der Waals surface area contributed by atoms with Crippen LogP contribution in [0, 0.1) is 6.92 Å². The summed E-state index contributed by atoms with van der Waals surface area (Å²) in [5, 5.41) is 4.16. The highest BCUT2D eigenvalue weighted by Crippen LogP contribution is 2.32. The number of carbonyl (C=O) groups excluding carboxylic acids is 1. The van der Waals surface area contributed by atoms with Crippen molar-refractivity contribution in [3.63, 3.8) is 0 Å². The number of methoxy groups -OCH3 is 2. The summed E-state index contributed by atoms with van der Waals surface area (Å²) < 4.78 is 39.8. The number of benzene rings is 2. The van der Waals surface area contributed by atoms with E-state index in [0.29, 0.717) is 6.54 Å². The predicted octanol–water partition coefficient (Wildman–Crippen LogP) is 2.38. The zero-order valence-electron chi connectivity index (χ0n) is 16.2. The first kappa shape index (κ1) is 20.4. The molecule has 29 heavy (non-hydrogen) atoms. The SMILES string of the molecule is COc1cccc(OC)c1S(=O)(=O)NC(=O)c1ccc(Cn2cccn2)c(C)c1.